The minimum Gasteiger partial charge on any atom is -0.493 e. The highest BCUT2D eigenvalue weighted by Crippen LogP contribution is 2.30. The summed E-state index contributed by atoms with van der Waals surface area (Å²) in [6.07, 6.45) is 0.850. The normalized spacial score (nSPS) is 12.2. The van der Waals surface area contributed by atoms with Crippen molar-refractivity contribution in [3.8, 4) is 11.5 Å². The average molecular weight is 473 g/mol. The third-order valence-corrected chi connectivity index (χ3v) is 6.36. The summed E-state index contributed by atoms with van der Waals surface area (Å²) in [6.45, 7) is 8.60. The van der Waals surface area contributed by atoms with E-state index in [-0.39, 0.29) is 23.3 Å². The zero-order valence-corrected chi connectivity index (χ0v) is 20.8. The molecule has 3 aromatic rings. The van der Waals surface area contributed by atoms with Crippen LogP contribution < -0.4 is 20.3 Å². The van der Waals surface area contributed by atoms with E-state index >= 15 is 0 Å². The van der Waals surface area contributed by atoms with Crippen LogP contribution in [0.15, 0.2) is 34.2 Å². The lowest BCUT2D eigenvalue weighted by Crippen LogP contribution is -2.29. The fourth-order valence-electron chi connectivity index (χ4n) is 3.52. The van der Waals surface area contributed by atoms with E-state index in [0.717, 1.165) is 17.7 Å². The SMILES string of the molecule is COc1ccc(C(C)NC(=O)CSc2nc3cc(C)[nH]c3c(=O)n2CCC(C)C)cc1OC. The molecule has 0 aliphatic rings. The number of methoxy groups -OCH3 is 2. The van der Waals surface area contributed by atoms with Gasteiger partial charge in [0.05, 0.1) is 31.5 Å². The number of nitrogens with one attached hydrogen (secondary N) is 2. The van der Waals surface area contributed by atoms with Crippen molar-refractivity contribution in [3.63, 3.8) is 0 Å². The second-order valence-corrected chi connectivity index (χ2v) is 9.38. The largest absolute Gasteiger partial charge is 0.493 e. The van der Waals surface area contributed by atoms with Gasteiger partial charge >= 0.3 is 0 Å². The van der Waals surface area contributed by atoms with Gasteiger partial charge in [0, 0.05) is 12.2 Å². The summed E-state index contributed by atoms with van der Waals surface area (Å²) in [5, 5.41) is 3.56. The molecule has 1 atom stereocenters. The topological polar surface area (TPSA) is 98.2 Å². The van der Waals surface area contributed by atoms with E-state index in [2.05, 4.69) is 29.1 Å². The summed E-state index contributed by atoms with van der Waals surface area (Å²) in [6, 6.07) is 7.20. The third-order valence-electron chi connectivity index (χ3n) is 5.39. The molecule has 0 aliphatic carbocycles. The van der Waals surface area contributed by atoms with E-state index in [1.165, 1.54) is 11.8 Å². The van der Waals surface area contributed by atoms with Gasteiger partial charge < -0.3 is 19.8 Å². The second kappa shape index (κ2) is 10.8. The first-order valence-electron chi connectivity index (χ1n) is 11.0. The van der Waals surface area contributed by atoms with E-state index in [0.29, 0.717) is 40.2 Å². The standard InChI is InChI=1S/C24H32N4O4S/c1-14(2)9-10-28-23(30)22-18(11-15(3)25-22)27-24(28)33-13-21(29)26-16(4)17-7-8-19(31-5)20(12-17)32-6/h7-8,11-12,14,16,25H,9-10,13H2,1-6H3,(H,26,29). The number of ether oxygens (including phenoxy) is 2. The Bertz CT molecular complexity index is 1190. The second-order valence-electron chi connectivity index (χ2n) is 8.44. The Morgan fingerprint density at radius 3 is 2.58 bits per heavy atom. The molecule has 3 rings (SSSR count). The van der Waals surface area contributed by atoms with Gasteiger partial charge in [-0.05, 0) is 49.9 Å². The molecule has 1 aromatic carbocycles. The summed E-state index contributed by atoms with van der Waals surface area (Å²) >= 11 is 1.28. The number of H-pyrrole nitrogens is 1. The van der Waals surface area contributed by atoms with E-state index in [4.69, 9.17) is 9.47 Å². The van der Waals surface area contributed by atoms with Crippen LogP contribution in [0.4, 0.5) is 0 Å². The summed E-state index contributed by atoms with van der Waals surface area (Å²) < 4.78 is 12.3. The number of hydrogen-bond donors (Lipinski definition) is 2. The zero-order valence-electron chi connectivity index (χ0n) is 20.0. The highest BCUT2D eigenvalue weighted by Gasteiger charge is 2.17. The number of aromatic amines is 1. The molecule has 8 nitrogen and oxygen atoms in total. The number of rotatable bonds is 10. The van der Waals surface area contributed by atoms with Crippen LogP contribution >= 0.6 is 11.8 Å². The molecular weight excluding hydrogens is 440 g/mol. The van der Waals surface area contributed by atoms with Crippen molar-refractivity contribution in [2.24, 2.45) is 5.92 Å². The fraction of sp³-hybridized carbons (Fsp3) is 0.458. The van der Waals surface area contributed by atoms with Crippen LogP contribution in [0.25, 0.3) is 11.0 Å². The Morgan fingerprint density at radius 2 is 1.91 bits per heavy atom. The fourth-order valence-corrected chi connectivity index (χ4v) is 4.36. The van der Waals surface area contributed by atoms with Gasteiger partial charge in [0.25, 0.3) is 5.56 Å². The number of benzene rings is 1. The van der Waals surface area contributed by atoms with Crippen molar-refractivity contribution in [3.05, 3.63) is 45.9 Å². The van der Waals surface area contributed by atoms with E-state index in [1.54, 1.807) is 18.8 Å². The van der Waals surface area contributed by atoms with Crippen molar-refractivity contribution in [2.45, 2.75) is 51.9 Å². The Balaban J connectivity index is 1.74. The Labute approximate surface area is 198 Å². The maximum Gasteiger partial charge on any atom is 0.278 e. The highest BCUT2D eigenvalue weighted by atomic mass is 32.2. The number of aryl methyl sites for hydroxylation is 1. The Morgan fingerprint density at radius 1 is 1.18 bits per heavy atom. The van der Waals surface area contributed by atoms with Crippen LogP contribution in [0.1, 0.15) is 44.5 Å². The Kier molecular flexibility index (Phi) is 8.07. The molecule has 0 aliphatic heterocycles. The van der Waals surface area contributed by atoms with Crippen LogP contribution in [0, 0.1) is 12.8 Å². The number of nitrogens with zero attached hydrogens (tertiary/aromatic N) is 2. The van der Waals surface area contributed by atoms with Gasteiger partial charge in [-0.25, -0.2) is 4.98 Å². The van der Waals surface area contributed by atoms with Crippen LogP contribution in [0.3, 0.4) is 0 Å². The maximum absolute atomic E-state index is 13.1. The molecule has 1 unspecified atom stereocenters. The van der Waals surface area contributed by atoms with Gasteiger partial charge in [0.1, 0.15) is 5.52 Å². The monoisotopic (exact) mass is 472 g/mol. The van der Waals surface area contributed by atoms with Crippen LogP contribution in [-0.4, -0.2) is 40.4 Å². The molecule has 1 amide bonds. The molecule has 2 heterocycles. The van der Waals surface area contributed by atoms with E-state index in [9.17, 15) is 9.59 Å². The summed E-state index contributed by atoms with van der Waals surface area (Å²) in [4.78, 5) is 33.5. The van der Waals surface area contributed by atoms with Crippen molar-refractivity contribution in [1.29, 1.82) is 0 Å². The molecule has 9 heteroatoms. The van der Waals surface area contributed by atoms with Crippen LogP contribution in [-0.2, 0) is 11.3 Å². The van der Waals surface area contributed by atoms with Gasteiger partial charge in [-0.2, -0.15) is 0 Å². The van der Waals surface area contributed by atoms with Crippen molar-refractivity contribution in [2.75, 3.05) is 20.0 Å². The molecule has 0 saturated heterocycles. The molecule has 33 heavy (non-hydrogen) atoms. The predicted molar refractivity (Wildman–Crippen MR) is 131 cm³/mol. The smallest absolute Gasteiger partial charge is 0.278 e. The number of carbonyl (C=O) groups excluding carboxylic acids is 1. The van der Waals surface area contributed by atoms with Crippen LogP contribution in [0.5, 0.6) is 11.5 Å². The summed E-state index contributed by atoms with van der Waals surface area (Å²) in [7, 11) is 3.16. The minimum atomic E-state index is -0.219. The molecule has 2 N–H and O–H groups in total. The van der Waals surface area contributed by atoms with Gasteiger partial charge in [0.2, 0.25) is 5.91 Å². The zero-order chi connectivity index (χ0) is 24.1. The van der Waals surface area contributed by atoms with Gasteiger partial charge in [-0.1, -0.05) is 31.7 Å². The first kappa shape index (κ1) is 24.7. The highest BCUT2D eigenvalue weighted by molar-refractivity contribution is 7.99. The summed E-state index contributed by atoms with van der Waals surface area (Å²) in [5.74, 6) is 1.70. The maximum atomic E-state index is 13.1. The Hall–Kier alpha value is -2.94. The molecule has 0 fully saturated rings. The molecule has 0 spiro atoms. The summed E-state index contributed by atoms with van der Waals surface area (Å²) in [5.41, 5.74) is 2.82. The number of hydrogen-bond acceptors (Lipinski definition) is 6. The van der Waals surface area contributed by atoms with E-state index in [1.807, 2.05) is 38.1 Å². The lowest BCUT2D eigenvalue weighted by atomic mass is 10.1. The number of aromatic nitrogens is 3. The molecule has 2 aromatic heterocycles. The first-order valence-corrected chi connectivity index (χ1v) is 12.0. The predicted octanol–water partition coefficient (Wildman–Crippen LogP) is 4.07. The van der Waals surface area contributed by atoms with Crippen molar-refractivity contribution < 1.29 is 14.3 Å². The van der Waals surface area contributed by atoms with Gasteiger partial charge in [-0.15, -0.1) is 0 Å². The number of amides is 1. The van der Waals surface area contributed by atoms with Gasteiger partial charge in [-0.3, -0.25) is 14.2 Å². The minimum absolute atomic E-state index is 0.102. The van der Waals surface area contributed by atoms with Crippen LogP contribution in [0.2, 0.25) is 0 Å². The number of carbonyl (C=O) groups is 1. The molecular formula is C24H32N4O4S. The van der Waals surface area contributed by atoms with E-state index < -0.39 is 0 Å². The lowest BCUT2D eigenvalue weighted by Gasteiger charge is -2.17. The number of thioether (sulfide) groups is 1. The third kappa shape index (κ3) is 5.90. The molecule has 0 saturated carbocycles. The van der Waals surface area contributed by atoms with Crippen molar-refractivity contribution >= 4 is 28.7 Å². The molecule has 178 valence electrons. The average Bonchev–Trinajstić information content (AvgIpc) is 3.16. The van der Waals surface area contributed by atoms with Crippen molar-refractivity contribution in [1.82, 2.24) is 19.9 Å². The number of fused-ring (bicyclic) bond motifs is 1. The lowest BCUT2D eigenvalue weighted by molar-refractivity contribution is -0.119. The molecule has 0 radical (unpaired) electrons. The quantitative estimate of drug-likeness (QED) is 0.341. The first-order chi connectivity index (χ1) is 15.7. The van der Waals surface area contributed by atoms with Gasteiger partial charge in [0.15, 0.2) is 16.7 Å². The molecule has 0 bridgehead atoms.